The molecule has 3 rings (SSSR count). The van der Waals surface area contributed by atoms with E-state index in [9.17, 15) is 16.8 Å². The van der Waals surface area contributed by atoms with Crippen molar-refractivity contribution in [1.82, 2.24) is 14.5 Å². The van der Waals surface area contributed by atoms with Gasteiger partial charge in [0, 0.05) is 6.54 Å². The van der Waals surface area contributed by atoms with Crippen molar-refractivity contribution in [3.8, 4) is 0 Å². The molecule has 1 fully saturated rings. The number of aromatic nitrogens is 2. The summed E-state index contributed by atoms with van der Waals surface area (Å²) < 4.78 is 53.0. The largest absolute Gasteiger partial charge is 0.264 e. The van der Waals surface area contributed by atoms with Crippen LogP contribution < -0.4 is 4.72 Å². The molecule has 136 valence electrons. The fourth-order valence-corrected chi connectivity index (χ4v) is 6.31. The number of nitrogens with zero attached hydrogens (tertiary/aromatic N) is 2. The summed E-state index contributed by atoms with van der Waals surface area (Å²) in [4.78, 5) is 0.132. The van der Waals surface area contributed by atoms with Gasteiger partial charge in [0.25, 0.3) is 0 Å². The van der Waals surface area contributed by atoms with Crippen molar-refractivity contribution >= 4 is 19.9 Å². The highest BCUT2D eigenvalue weighted by molar-refractivity contribution is 7.91. The van der Waals surface area contributed by atoms with E-state index in [0.29, 0.717) is 17.8 Å². The minimum absolute atomic E-state index is 0.00584. The first-order chi connectivity index (χ1) is 11.7. The number of hydrogen-bond acceptors (Lipinski definition) is 5. The Bertz CT molecular complexity index is 980. The molecule has 25 heavy (non-hydrogen) atoms. The summed E-state index contributed by atoms with van der Waals surface area (Å²) in [5, 5.41) is 4.31. The summed E-state index contributed by atoms with van der Waals surface area (Å²) >= 11 is 0. The Balaban J connectivity index is 1.87. The van der Waals surface area contributed by atoms with Crippen molar-refractivity contribution in [2.75, 3.05) is 11.5 Å². The number of nitrogens with one attached hydrogen (secondary N) is 1. The number of sulfone groups is 1. The van der Waals surface area contributed by atoms with Gasteiger partial charge in [0.15, 0.2) is 9.84 Å². The second-order valence-electron chi connectivity index (χ2n) is 6.31. The number of hydrogen-bond donors (Lipinski definition) is 1. The van der Waals surface area contributed by atoms with E-state index in [0.717, 1.165) is 5.56 Å². The average Bonchev–Trinajstić information content (AvgIpc) is 3.05. The maximum absolute atomic E-state index is 12.7. The van der Waals surface area contributed by atoms with E-state index < -0.39 is 19.9 Å². The summed E-state index contributed by atoms with van der Waals surface area (Å²) in [5.41, 5.74) is 1.71. The molecule has 1 atom stereocenters. The lowest BCUT2D eigenvalue weighted by Gasteiger charge is -2.12. The third kappa shape index (κ3) is 3.78. The molecule has 1 N–H and O–H groups in total. The van der Waals surface area contributed by atoms with Gasteiger partial charge in [-0.1, -0.05) is 30.3 Å². The zero-order valence-corrected chi connectivity index (χ0v) is 15.8. The number of benzene rings is 1. The topological polar surface area (TPSA) is 98.1 Å². The number of aryl methyl sites for hydroxylation is 1. The Kier molecular flexibility index (Phi) is 4.74. The SMILES string of the molecule is Cc1nn([C@@H]2CCS(=O)(=O)C2)c(C)c1S(=O)(=O)NCc1ccccc1. The fourth-order valence-electron chi connectivity index (χ4n) is 3.21. The molecular weight excluding hydrogens is 362 g/mol. The molecule has 0 bridgehead atoms. The van der Waals surface area contributed by atoms with Gasteiger partial charge >= 0.3 is 0 Å². The molecule has 0 spiro atoms. The van der Waals surface area contributed by atoms with Crippen molar-refractivity contribution in [2.24, 2.45) is 0 Å². The van der Waals surface area contributed by atoms with Crippen LogP contribution in [-0.2, 0) is 26.4 Å². The molecule has 1 aromatic heterocycles. The Morgan fingerprint density at radius 3 is 2.52 bits per heavy atom. The number of sulfonamides is 1. The molecule has 1 aliphatic rings. The van der Waals surface area contributed by atoms with Crippen molar-refractivity contribution in [3.05, 3.63) is 47.3 Å². The molecule has 2 aromatic rings. The molecule has 0 amide bonds. The van der Waals surface area contributed by atoms with Crippen molar-refractivity contribution in [2.45, 2.75) is 37.8 Å². The predicted octanol–water partition coefficient (Wildman–Crippen LogP) is 1.34. The van der Waals surface area contributed by atoms with E-state index >= 15 is 0 Å². The smallest absolute Gasteiger partial charge is 0.244 e. The van der Waals surface area contributed by atoms with Gasteiger partial charge in [0.1, 0.15) is 4.90 Å². The van der Waals surface area contributed by atoms with Gasteiger partial charge in [-0.25, -0.2) is 21.6 Å². The molecule has 0 aliphatic carbocycles. The summed E-state index contributed by atoms with van der Waals surface area (Å²) in [6, 6.07) is 8.94. The molecule has 0 unspecified atom stereocenters. The van der Waals surface area contributed by atoms with E-state index in [2.05, 4.69) is 9.82 Å². The maximum Gasteiger partial charge on any atom is 0.244 e. The third-order valence-corrected chi connectivity index (χ3v) is 7.79. The molecule has 7 nitrogen and oxygen atoms in total. The maximum atomic E-state index is 12.7. The van der Waals surface area contributed by atoms with Gasteiger partial charge in [-0.3, -0.25) is 4.68 Å². The first kappa shape index (κ1) is 18.1. The summed E-state index contributed by atoms with van der Waals surface area (Å²) in [7, 11) is -6.81. The second-order valence-corrected chi connectivity index (χ2v) is 10.2. The quantitative estimate of drug-likeness (QED) is 0.840. The number of rotatable bonds is 5. The van der Waals surface area contributed by atoms with Gasteiger partial charge < -0.3 is 0 Å². The van der Waals surface area contributed by atoms with E-state index in [1.54, 1.807) is 18.5 Å². The normalized spacial score (nSPS) is 20.0. The molecule has 1 saturated heterocycles. The average molecular weight is 383 g/mol. The molecule has 1 aromatic carbocycles. The molecular formula is C16H21N3O4S2. The fraction of sp³-hybridized carbons (Fsp3) is 0.438. The van der Waals surface area contributed by atoms with Gasteiger partial charge in [-0.15, -0.1) is 0 Å². The minimum Gasteiger partial charge on any atom is -0.264 e. The molecule has 1 aliphatic heterocycles. The third-order valence-electron chi connectivity index (χ3n) is 4.39. The summed E-state index contributed by atoms with van der Waals surface area (Å²) in [6.07, 6.45) is 0.460. The van der Waals surface area contributed by atoms with Gasteiger partial charge in [-0.05, 0) is 25.8 Å². The van der Waals surface area contributed by atoms with Gasteiger partial charge in [0.05, 0.1) is 28.9 Å². The molecule has 2 heterocycles. The van der Waals surface area contributed by atoms with Crippen LogP contribution in [0.3, 0.4) is 0 Å². The van der Waals surface area contributed by atoms with Crippen LogP contribution >= 0.6 is 0 Å². The Morgan fingerprint density at radius 1 is 1.24 bits per heavy atom. The Hall–Kier alpha value is -1.71. The highest BCUT2D eigenvalue weighted by Crippen LogP contribution is 2.28. The van der Waals surface area contributed by atoms with Crippen LogP contribution in [0.25, 0.3) is 0 Å². The first-order valence-corrected chi connectivity index (χ1v) is 11.3. The lowest BCUT2D eigenvalue weighted by atomic mass is 10.2. The van der Waals surface area contributed by atoms with Crippen LogP contribution in [0.5, 0.6) is 0 Å². The molecule has 0 saturated carbocycles. The minimum atomic E-state index is -3.74. The zero-order valence-electron chi connectivity index (χ0n) is 14.1. The first-order valence-electron chi connectivity index (χ1n) is 7.99. The predicted molar refractivity (Wildman–Crippen MR) is 94.5 cm³/mol. The van der Waals surface area contributed by atoms with E-state index in [-0.39, 0.29) is 29.0 Å². The Morgan fingerprint density at radius 2 is 1.92 bits per heavy atom. The standard InChI is InChI=1S/C16H21N3O4S2/c1-12-16(25(22,23)17-10-14-6-4-3-5-7-14)13(2)19(18-12)15-8-9-24(20,21)11-15/h3-7,15,17H,8-11H2,1-2H3/t15-/m1/s1. The van der Waals surface area contributed by atoms with E-state index in [1.165, 1.54) is 0 Å². The lowest BCUT2D eigenvalue weighted by molar-refractivity contribution is 0.484. The van der Waals surface area contributed by atoms with E-state index in [1.807, 2.05) is 30.3 Å². The second kappa shape index (κ2) is 6.54. The van der Waals surface area contributed by atoms with E-state index in [4.69, 9.17) is 0 Å². The van der Waals surface area contributed by atoms with Gasteiger partial charge in [0.2, 0.25) is 10.0 Å². The highest BCUT2D eigenvalue weighted by atomic mass is 32.2. The van der Waals surface area contributed by atoms with Crippen LogP contribution in [0.15, 0.2) is 35.2 Å². The molecule has 9 heteroatoms. The van der Waals surface area contributed by atoms with Crippen molar-refractivity contribution in [1.29, 1.82) is 0 Å². The van der Waals surface area contributed by atoms with Crippen LogP contribution in [0, 0.1) is 13.8 Å². The van der Waals surface area contributed by atoms with Crippen LogP contribution in [0.2, 0.25) is 0 Å². The van der Waals surface area contributed by atoms with Crippen LogP contribution in [0.4, 0.5) is 0 Å². The Labute approximate surface area is 148 Å². The summed E-state index contributed by atoms with van der Waals surface area (Å²) in [5.74, 6) is 0.121. The van der Waals surface area contributed by atoms with Crippen LogP contribution in [0.1, 0.15) is 29.4 Å². The van der Waals surface area contributed by atoms with Crippen molar-refractivity contribution in [3.63, 3.8) is 0 Å². The van der Waals surface area contributed by atoms with Crippen LogP contribution in [-0.4, -0.2) is 38.1 Å². The lowest BCUT2D eigenvalue weighted by Crippen LogP contribution is -2.24. The van der Waals surface area contributed by atoms with Gasteiger partial charge in [-0.2, -0.15) is 5.10 Å². The zero-order chi connectivity index (χ0) is 18.2. The highest BCUT2D eigenvalue weighted by Gasteiger charge is 2.33. The van der Waals surface area contributed by atoms with Crippen molar-refractivity contribution < 1.29 is 16.8 Å². The monoisotopic (exact) mass is 383 g/mol. The molecule has 0 radical (unpaired) electrons. The summed E-state index contributed by atoms with van der Waals surface area (Å²) in [6.45, 7) is 3.48.